The van der Waals surface area contributed by atoms with Gasteiger partial charge in [-0.1, -0.05) is 34.1 Å². The van der Waals surface area contributed by atoms with Crippen molar-refractivity contribution in [2.45, 2.75) is 59.5 Å². The van der Waals surface area contributed by atoms with Crippen molar-refractivity contribution in [3.05, 3.63) is 23.2 Å². The first-order valence-electron chi connectivity index (χ1n) is 9.37. The normalized spacial score (nSPS) is 18.4. The van der Waals surface area contributed by atoms with Crippen molar-refractivity contribution in [2.24, 2.45) is 0 Å². The second-order valence-corrected chi connectivity index (χ2v) is 6.39. The number of ether oxygens (including phenoxy) is 1. The van der Waals surface area contributed by atoms with E-state index in [0.29, 0.717) is 25.5 Å². The molecule has 1 amide bonds. The zero-order valence-electron chi connectivity index (χ0n) is 15.6. The van der Waals surface area contributed by atoms with E-state index >= 15 is 0 Å². The molecule has 2 heterocycles. The molecular weight excluding hydrogens is 304 g/mol. The summed E-state index contributed by atoms with van der Waals surface area (Å²) in [5.41, 5.74) is 1.14. The quantitative estimate of drug-likeness (QED) is 0.730. The minimum Gasteiger partial charge on any atom is -0.456 e. The van der Waals surface area contributed by atoms with Gasteiger partial charge in [-0.3, -0.25) is 9.69 Å². The maximum absolute atomic E-state index is 13.0. The highest BCUT2D eigenvalue weighted by Gasteiger charge is 2.30. The molecule has 0 bridgehead atoms. The Morgan fingerprint density at radius 1 is 1.29 bits per heavy atom. The number of hydrogen-bond donors (Lipinski definition) is 0. The number of amides is 1. The van der Waals surface area contributed by atoms with Crippen LogP contribution in [0.15, 0.2) is 10.5 Å². The molecule has 1 unspecified atom stereocenters. The number of carbonyl (C=O) groups is 1. The number of rotatable bonds is 8. The fourth-order valence-corrected chi connectivity index (χ4v) is 3.33. The lowest BCUT2D eigenvalue weighted by molar-refractivity contribution is -0.00592. The number of furan rings is 1. The molecule has 0 aromatic carbocycles. The monoisotopic (exact) mass is 336 g/mol. The van der Waals surface area contributed by atoms with Crippen LogP contribution in [0.1, 0.15) is 62.4 Å². The van der Waals surface area contributed by atoms with Crippen molar-refractivity contribution in [3.63, 3.8) is 0 Å². The zero-order valence-corrected chi connectivity index (χ0v) is 15.6. The van der Waals surface area contributed by atoms with Crippen molar-refractivity contribution in [2.75, 3.05) is 32.8 Å². The summed E-state index contributed by atoms with van der Waals surface area (Å²) in [6.07, 6.45) is 2.83. The van der Waals surface area contributed by atoms with Gasteiger partial charge in [0.1, 0.15) is 5.76 Å². The molecule has 24 heavy (non-hydrogen) atoms. The van der Waals surface area contributed by atoms with E-state index in [1.807, 2.05) is 11.0 Å². The first-order valence-corrected chi connectivity index (χ1v) is 9.37. The molecule has 0 spiro atoms. The summed E-state index contributed by atoms with van der Waals surface area (Å²) in [5, 5.41) is 0. The fourth-order valence-electron chi connectivity index (χ4n) is 3.33. The lowest BCUT2D eigenvalue weighted by Crippen LogP contribution is -2.48. The molecule has 1 aliphatic rings. The summed E-state index contributed by atoms with van der Waals surface area (Å²) >= 11 is 0. The molecule has 1 saturated heterocycles. The van der Waals surface area contributed by atoms with E-state index in [1.165, 1.54) is 0 Å². The van der Waals surface area contributed by atoms with Crippen molar-refractivity contribution in [1.82, 2.24) is 9.80 Å². The van der Waals surface area contributed by atoms with Crippen LogP contribution in [0.2, 0.25) is 0 Å². The average molecular weight is 336 g/mol. The summed E-state index contributed by atoms with van der Waals surface area (Å²) in [7, 11) is 0. The van der Waals surface area contributed by atoms with Crippen LogP contribution in [0.4, 0.5) is 0 Å². The highest BCUT2D eigenvalue weighted by molar-refractivity contribution is 5.92. The van der Waals surface area contributed by atoms with Crippen LogP contribution in [0.5, 0.6) is 0 Å². The molecule has 0 N–H and O–H groups in total. The number of aryl methyl sites for hydroxylation is 1. The van der Waals surface area contributed by atoms with Crippen LogP contribution in [0.3, 0.4) is 0 Å². The van der Waals surface area contributed by atoms with Crippen LogP contribution >= 0.6 is 0 Å². The number of carbonyl (C=O) groups excluding carboxylic acids is 1. The van der Waals surface area contributed by atoms with Crippen LogP contribution in [0.25, 0.3) is 0 Å². The summed E-state index contributed by atoms with van der Waals surface area (Å²) in [5.74, 6) is 1.43. The van der Waals surface area contributed by atoms with E-state index in [4.69, 9.17) is 9.15 Å². The molecule has 5 nitrogen and oxygen atoms in total. The van der Waals surface area contributed by atoms with Gasteiger partial charge in [-0.05, 0) is 25.6 Å². The molecule has 1 aliphatic heterocycles. The predicted molar refractivity (Wildman–Crippen MR) is 95.3 cm³/mol. The summed E-state index contributed by atoms with van der Waals surface area (Å²) in [6.45, 7) is 13.3. The SMILES string of the molecule is CCCC1COCCN1C(=O)c1cc(CN(CC)CC)c(CC)o1. The molecule has 2 rings (SSSR count). The second-order valence-electron chi connectivity index (χ2n) is 6.39. The Labute approximate surface area is 145 Å². The van der Waals surface area contributed by atoms with Gasteiger partial charge in [0, 0.05) is 25.1 Å². The Kier molecular flexibility index (Phi) is 7.31. The first kappa shape index (κ1) is 19.0. The van der Waals surface area contributed by atoms with Gasteiger partial charge in [0.2, 0.25) is 0 Å². The highest BCUT2D eigenvalue weighted by atomic mass is 16.5. The Hall–Kier alpha value is -1.33. The third kappa shape index (κ3) is 4.39. The van der Waals surface area contributed by atoms with E-state index in [1.54, 1.807) is 0 Å². The van der Waals surface area contributed by atoms with Gasteiger partial charge >= 0.3 is 0 Å². The first-order chi connectivity index (χ1) is 11.6. The van der Waals surface area contributed by atoms with Gasteiger partial charge < -0.3 is 14.1 Å². The topological polar surface area (TPSA) is 45.9 Å². The van der Waals surface area contributed by atoms with Crippen molar-refractivity contribution in [3.8, 4) is 0 Å². The fraction of sp³-hybridized carbons (Fsp3) is 0.737. The van der Waals surface area contributed by atoms with Crippen LogP contribution in [-0.2, 0) is 17.7 Å². The third-order valence-electron chi connectivity index (χ3n) is 4.83. The molecule has 0 aliphatic carbocycles. The molecule has 1 aromatic rings. The molecule has 136 valence electrons. The number of morpholine rings is 1. The second kappa shape index (κ2) is 9.23. The molecule has 0 radical (unpaired) electrons. The van der Waals surface area contributed by atoms with Gasteiger partial charge in [0.15, 0.2) is 5.76 Å². The summed E-state index contributed by atoms with van der Waals surface area (Å²) in [4.78, 5) is 17.2. The highest BCUT2D eigenvalue weighted by Crippen LogP contribution is 2.22. The van der Waals surface area contributed by atoms with E-state index in [-0.39, 0.29) is 11.9 Å². The Balaban J connectivity index is 2.17. The Morgan fingerprint density at radius 3 is 2.67 bits per heavy atom. The number of hydrogen-bond acceptors (Lipinski definition) is 4. The van der Waals surface area contributed by atoms with Gasteiger partial charge in [-0.2, -0.15) is 0 Å². The lowest BCUT2D eigenvalue weighted by Gasteiger charge is -2.35. The number of nitrogens with zero attached hydrogens (tertiary/aromatic N) is 2. The molecule has 0 saturated carbocycles. The van der Waals surface area contributed by atoms with Crippen LogP contribution < -0.4 is 0 Å². The lowest BCUT2D eigenvalue weighted by atomic mass is 10.1. The predicted octanol–water partition coefficient (Wildman–Crippen LogP) is 3.32. The smallest absolute Gasteiger partial charge is 0.289 e. The summed E-state index contributed by atoms with van der Waals surface area (Å²) < 4.78 is 11.5. The van der Waals surface area contributed by atoms with Gasteiger partial charge in [-0.15, -0.1) is 0 Å². The average Bonchev–Trinajstić information content (AvgIpc) is 3.02. The molecule has 5 heteroatoms. The van der Waals surface area contributed by atoms with Gasteiger partial charge in [-0.25, -0.2) is 0 Å². The Bertz CT molecular complexity index is 521. The third-order valence-corrected chi connectivity index (χ3v) is 4.83. The van der Waals surface area contributed by atoms with Crippen molar-refractivity contribution < 1.29 is 13.9 Å². The maximum atomic E-state index is 13.0. The van der Waals surface area contributed by atoms with E-state index in [2.05, 4.69) is 32.6 Å². The maximum Gasteiger partial charge on any atom is 0.289 e. The van der Waals surface area contributed by atoms with Crippen LogP contribution in [0, 0.1) is 0 Å². The largest absolute Gasteiger partial charge is 0.456 e. The molecule has 1 atom stereocenters. The van der Waals surface area contributed by atoms with E-state index in [0.717, 1.165) is 50.2 Å². The Morgan fingerprint density at radius 2 is 2.04 bits per heavy atom. The molecular formula is C19H32N2O3. The minimum absolute atomic E-state index is 0.0113. The van der Waals surface area contributed by atoms with Gasteiger partial charge in [0.25, 0.3) is 5.91 Å². The molecule has 1 fully saturated rings. The standard InChI is InChI=1S/C19H32N2O3/c1-5-9-16-14-23-11-10-21(16)19(22)18-12-15(17(6-2)24-18)13-20(7-3)8-4/h12,16H,5-11,13-14H2,1-4H3. The molecule has 1 aromatic heterocycles. The van der Waals surface area contributed by atoms with E-state index < -0.39 is 0 Å². The van der Waals surface area contributed by atoms with Crippen molar-refractivity contribution in [1.29, 1.82) is 0 Å². The van der Waals surface area contributed by atoms with Gasteiger partial charge in [0.05, 0.1) is 19.3 Å². The summed E-state index contributed by atoms with van der Waals surface area (Å²) in [6, 6.07) is 2.12. The van der Waals surface area contributed by atoms with E-state index in [9.17, 15) is 4.79 Å². The van der Waals surface area contributed by atoms with Crippen LogP contribution in [-0.4, -0.2) is 54.6 Å². The zero-order chi connectivity index (χ0) is 17.5. The minimum atomic E-state index is 0.0113. The van der Waals surface area contributed by atoms with Crippen molar-refractivity contribution >= 4 is 5.91 Å².